The highest BCUT2D eigenvalue weighted by Gasteiger charge is 2.46. The lowest BCUT2D eigenvalue weighted by molar-refractivity contribution is -0.143. The van der Waals surface area contributed by atoms with Gasteiger partial charge in [-0.3, -0.25) is 29.5 Å². The molecule has 0 aliphatic carbocycles. The molecule has 0 aromatic carbocycles. The van der Waals surface area contributed by atoms with Gasteiger partial charge >= 0.3 is 12.0 Å². The number of guanidine groups is 1. The zero-order valence-corrected chi connectivity index (χ0v) is 27.9. The minimum atomic E-state index is -1.05. The van der Waals surface area contributed by atoms with E-state index in [1.165, 1.54) is 0 Å². The number of rotatable bonds is 15. The molecule has 0 spiro atoms. The van der Waals surface area contributed by atoms with Crippen LogP contribution in [0.3, 0.4) is 0 Å². The summed E-state index contributed by atoms with van der Waals surface area (Å²) in [6.45, 7) is 9.41. The van der Waals surface area contributed by atoms with E-state index in [0.717, 1.165) is 4.90 Å². The third-order valence-electron chi connectivity index (χ3n) is 8.37. The summed E-state index contributed by atoms with van der Waals surface area (Å²) in [5.41, 5.74) is 5.36. The molecule has 17 heteroatoms. The van der Waals surface area contributed by atoms with Crippen molar-refractivity contribution in [2.45, 2.75) is 83.6 Å². The van der Waals surface area contributed by atoms with Gasteiger partial charge in [0.1, 0.15) is 24.2 Å². The standard InChI is InChI=1S/C29H49N9O7S/c1-16(2)14-20(24(40)33-18(6-5-8-32-28(30)31)23(39)34-19-7-13-45-27(19)43)36-9-11-37(12-10-36)25(41)21(15-46)38-26(42)22(17(3)4)35-29(38)44/h16-22,46H,5-15H2,1-4H3,(H,33,40)(H,34,39)(H,35,44)(H4,30,31,32). The largest absolute Gasteiger partial charge is 0.464 e. The van der Waals surface area contributed by atoms with Crippen molar-refractivity contribution < 1.29 is 33.5 Å². The van der Waals surface area contributed by atoms with Crippen LogP contribution in [0.25, 0.3) is 0 Å². The average molecular weight is 668 g/mol. The van der Waals surface area contributed by atoms with Gasteiger partial charge in [0, 0.05) is 44.9 Å². The summed E-state index contributed by atoms with van der Waals surface area (Å²) in [5.74, 6) is -2.42. The summed E-state index contributed by atoms with van der Waals surface area (Å²) in [6, 6.07) is -4.67. The second-order valence-corrected chi connectivity index (χ2v) is 13.0. The van der Waals surface area contributed by atoms with E-state index in [9.17, 15) is 28.8 Å². The van der Waals surface area contributed by atoms with E-state index in [0.29, 0.717) is 38.9 Å². The van der Waals surface area contributed by atoms with Crippen molar-refractivity contribution in [1.29, 1.82) is 5.41 Å². The molecule has 0 bridgehead atoms. The van der Waals surface area contributed by atoms with Crippen molar-refractivity contribution in [1.82, 2.24) is 36.0 Å². The van der Waals surface area contributed by atoms with Gasteiger partial charge in [0.2, 0.25) is 17.7 Å². The van der Waals surface area contributed by atoms with E-state index in [1.807, 2.05) is 32.6 Å². The number of thiol groups is 1. The number of nitrogens with one attached hydrogen (secondary N) is 5. The van der Waals surface area contributed by atoms with Crippen LogP contribution in [0.15, 0.2) is 0 Å². The third kappa shape index (κ3) is 9.47. The smallest absolute Gasteiger partial charge is 0.328 e. The number of hydrogen-bond donors (Lipinski definition) is 7. The molecule has 7 N–H and O–H groups in total. The monoisotopic (exact) mass is 667 g/mol. The number of carbonyl (C=O) groups is 6. The van der Waals surface area contributed by atoms with Crippen LogP contribution in [0.4, 0.5) is 4.79 Å². The van der Waals surface area contributed by atoms with Crippen molar-refractivity contribution in [2.24, 2.45) is 17.6 Å². The molecule has 3 aliphatic rings. The van der Waals surface area contributed by atoms with Crippen LogP contribution in [-0.2, 0) is 28.7 Å². The number of imide groups is 1. The molecule has 0 radical (unpaired) electrons. The zero-order valence-electron chi connectivity index (χ0n) is 27.0. The predicted octanol–water partition coefficient (Wildman–Crippen LogP) is -1.40. The maximum Gasteiger partial charge on any atom is 0.328 e. The lowest BCUT2D eigenvalue weighted by atomic mass is 9.99. The number of nitrogens with zero attached hydrogens (tertiary/aromatic N) is 3. The molecule has 3 aliphatic heterocycles. The van der Waals surface area contributed by atoms with Crippen LogP contribution in [0.5, 0.6) is 0 Å². The van der Waals surface area contributed by atoms with Crippen LogP contribution >= 0.6 is 12.6 Å². The first-order valence-corrected chi connectivity index (χ1v) is 16.5. The number of hydrogen-bond acceptors (Lipinski definition) is 10. The molecule has 46 heavy (non-hydrogen) atoms. The van der Waals surface area contributed by atoms with E-state index in [4.69, 9.17) is 15.9 Å². The Morgan fingerprint density at radius 3 is 2.26 bits per heavy atom. The fourth-order valence-corrected chi connectivity index (χ4v) is 6.15. The summed E-state index contributed by atoms with van der Waals surface area (Å²) < 4.78 is 4.95. The number of nitrogens with two attached hydrogens (primary N) is 1. The Morgan fingerprint density at radius 2 is 1.74 bits per heavy atom. The lowest BCUT2D eigenvalue weighted by Gasteiger charge is -2.41. The highest BCUT2D eigenvalue weighted by molar-refractivity contribution is 7.80. The number of urea groups is 1. The van der Waals surface area contributed by atoms with Crippen LogP contribution in [0.2, 0.25) is 0 Å². The molecule has 0 saturated carbocycles. The number of cyclic esters (lactones) is 1. The Labute approximate surface area is 275 Å². The van der Waals surface area contributed by atoms with Gasteiger partial charge in [-0.05, 0) is 31.1 Å². The van der Waals surface area contributed by atoms with Gasteiger partial charge < -0.3 is 36.6 Å². The summed E-state index contributed by atoms with van der Waals surface area (Å²) >= 11 is 4.29. The summed E-state index contributed by atoms with van der Waals surface area (Å²) in [5, 5.41) is 18.2. The molecule has 0 aromatic heterocycles. The Morgan fingerprint density at radius 1 is 1.07 bits per heavy atom. The van der Waals surface area contributed by atoms with E-state index in [1.54, 1.807) is 4.90 Å². The highest BCUT2D eigenvalue weighted by Crippen LogP contribution is 2.21. The maximum absolute atomic E-state index is 13.8. The first-order chi connectivity index (χ1) is 21.7. The lowest BCUT2D eigenvalue weighted by Crippen LogP contribution is -2.61. The van der Waals surface area contributed by atoms with Crippen LogP contribution in [0, 0.1) is 17.2 Å². The number of esters is 1. The zero-order chi connectivity index (χ0) is 34.1. The molecule has 6 amide bonds. The molecule has 5 atom stereocenters. The van der Waals surface area contributed by atoms with Gasteiger partial charge in [0.05, 0.1) is 12.6 Å². The number of ether oxygens (including phenoxy) is 1. The van der Waals surface area contributed by atoms with Crippen LogP contribution < -0.4 is 27.0 Å². The van der Waals surface area contributed by atoms with Crippen molar-refractivity contribution >= 4 is 54.2 Å². The number of carbonyl (C=O) groups excluding carboxylic acids is 6. The van der Waals surface area contributed by atoms with Gasteiger partial charge in [0.15, 0.2) is 5.96 Å². The number of amides is 6. The molecule has 258 valence electrons. The van der Waals surface area contributed by atoms with Gasteiger partial charge in [-0.15, -0.1) is 0 Å². The average Bonchev–Trinajstić information content (AvgIpc) is 3.54. The van der Waals surface area contributed by atoms with Gasteiger partial charge in [-0.1, -0.05) is 27.7 Å². The quantitative estimate of drug-likeness (QED) is 0.0270. The fraction of sp³-hybridized carbons (Fsp3) is 0.759. The topological polar surface area (TPSA) is 219 Å². The van der Waals surface area contributed by atoms with E-state index in [2.05, 4.69) is 33.9 Å². The Kier molecular flexibility index (Phi) is 13.5. The fourth-order valence-electron chi connectivity index (χ4n) is 5.83. The first kappa shape index (κ1) is 36.9. The molecular formula is C29H49N9O7S. The van der Waals surface area contributed by atoms with Crippen molar-refractivity contribution in [3.8, 4) is 0 Å². The minimum Gasteiger partial charge on any atom is -0.464 e. The second-order valence-electron chi connectivity index (χ2n) is 12.6. The normalized spacial score (nSPS) is 22.4. The van der Waals surface area contributed by atoms with Crippen molar-refractivity contribution in [3.05, 3.63) is 0 Å². The Balaban J connectivity index is 1.67. The summed E-state index contributed by atoms with van der Waals surface area (Å²) in [4.78, 5) is 82.6. The Bertz CT molecular complexity index is 1160. The molecule has 3 saturated heterocycles. The van der Waals surface area contributed by atoms with E-state index < -0.39 is 54.0 Å². The molecule has 3 rings (SSSR count). The molecule has 0 aromatic rings. The van der Waals surface area contributed by atoms with Gasteiger partial charge in [-0.2, -0.15) is 12.6 Å². The molecule has 16 nitrogen and oxygen atoms in total. The minimum absolute atomic E-state index is 0.0224. The molecule has 3 fully saturated rings. The third-order valence-corrected chi connectivity index (χ3v) is 8.72. The number of piperazine rings is 1. The highest BCUT2D eigenvalue weighted by atomic mass is 32.1. The van der Waals surface area contributed by atoms with Crippen LogP contribution in [0.1, 0.15) is 53.4 Å². The Hall–Kier alpha value is -3.60. The SMILES string of the molecule is CC(C)CC(C(=O)NC(CCCNC(=N)N)C(=O)NC1CCOC1=O)N1CCN(C(=O)C(CS)N2C(=O)NC(C(C)C)C2=O)CC1. The van der Waals surface area contributed by atoms with Gasteiger partial charge in [0.25, 0.3) is 5.91 Å². The molecular weight excluding hydrogens is 618 g/mol. The van der Waals surface area contributed by atoms with Gasteiger partial charge in [-0.25, -0.2) is 14.5 Å². The predicted molar refractivity (Wildman–Crippen MR) is 172 cm³/mol. The summed E-state index contributed by atoms with van der Waals surface area (Å²) in [7, 11) is 0. The van der Waals surface area contributed by atoms with E-state index >= 15 is 0 Å². The maximum atomic E-state index is 13.8. The second kappa shape index (κ2) is 16.8. The summed E-state index contributed by atoms with van der Waals surface area (Å²) in [6.07, 6.45) is 1.50. The molecule has 5 unspecified atom stereocenters. The first-order valence-electron chi connectivity index (χ1n) is 15.9. The van der Waals surface area contributed by atoms with Crippen molar-refractivity contribution in [2.75, 3.05) is 45.1 Å². The molecule has 3 heterocycles. The van der Waals surface area contributed by atoms with Crippen molar-refractivity contribution in [3.63, 3.8) is 0 Å². The van der Waals surface area contributed by atoms with E-state index in [-0.39, 0.29) is 61.5 Å². The van der Waals surface area contributed by atoms with Crippen LogP contribution in [-0.4, -0.2) is 132 Å².